The zero-order valence-corrected chi connectivity index (χ0v) is 13.8. The van der Waals surface area contributed by atoms with E-state index in [2.05, 4.69) is 15.3 Å². The van der Waals surface area contributed by atoms with Gasteiger partial charge in [-0.3, -0.25) is 4.79 Å². The predicted molar refractivity (Wildman–Crippen MR) is 88.0 cm³/mol. The molecule has 3 aromatic heterocycles. The molecule has 0 aliphatic heterocycles. The smallest absolute Gasteiger partial charge is 0.437 e. The molecule has 0 saturated heterocycles. The highest BCUT2D eigenvalue weighted by molar-refractivity contribution is 5.69. The van der Waals surface area contributed by atoms with Gasteiger partial charge in [-0.15, -0.1) is 15.3 Å². The quantitative estimate of drug-likeness (QED) is 0.469. The normalized spacial score (nSPS) is 10.8. The fourth-order valence-electron chi connectivity index (χ4n) is 2.23. The zero-order valence-electron chi connectivity index (χ0n) is 13.8. The van der Waals surface area contributed by atoms with Crippen LogP contribution in [0, 0.1) is 0 Å². The number of furan rings is 1. The molecule has 1 aromatic carbocycles. The van der Waals surface area contributed by atoms with E-state index in [-0.39, 0.29) is 24.3 Å². The molecule has 0 bridgehead atoms. The maximum Gasteiger partial charge on any atom is 0.437 e. The van der Waals surface area contributed by atoms with Gasteiger partial charge in [0.25, 0.3) is 11.8 Å². The molecule has 27 heavy (non-hydrogen) atoms. The molecule has 4 aromatic rings. The summed E-state index contributed by atoms with van der Waals surface area (Å²) in [6, 6.07) is 12.2. The van der Waals surface area contributed by atoms with Crippen LogP contribution in [0.3, 0.4) is 0 Å². The van der Waals surface area contributed by atoms with Crippen LogP contribution in [-0.2, 0) is 22.7 Å². The molecule has 10 nitrogen and oxygen atoms in total. The molecule has 0 aliphatic rings. The predicted octanol–water partition coefficient (Wildman–Crippen LogP) is 1.89. The Hall–Kier alpha value is -3.95. The maximum absolute atomic E-state index is 11.9. The zero-order chi connectivity index (χ0) is 18.6. The second kappa shape index (κ2) is 7.12. The Bertz CT molecular complexity index is 1090. The number of nitrogens with zero attached hydrogens (tertiary/aromatic N) is 4. The van der Waals surface area contributed by atoms with Crippen LogP contribution in [0.4, 0.5) is 0 Å². The second-order valence-corrected chi connectivity index (χ2v) is 5.34. The summed E-state index contributed by atoms with van der Waals surface area (Å²) in [6.45, 7) is -0.654. The Balaban J connectivity index is 1.37. The lowest BCUT2D eigenvalue weighted by atomic mass is 10.2. The molecule has 4 rings (SSSR count). The Kier molecular flexibility index (Phi) is 4.35. The van der Waals surface area contributed by atoms with Crippen LogP contribution in [0.1, 0.15) is 5.89 Å². The first-order valence-corrected chi connectivity index (χ1v) is 7.84. The summed E-state index contributed by atoms with van der Waals surface area (Å²) >= 11 is 0. The number of hydrogen-bond acceptors (Lipinski definition) is 9. The van der Waals surface area contributed by atoms with Crippen molar-refractivity contribution in [3.8, 4) is 23.1 Å². The molecule has 0 radical (unpaired) electrons. The van der Waals surface area contributed by atoms with Gasteiger partial charge in [0.2, 0.25) is 5.89 Å². The van der Waals surface area contributed by atoms with Crippen molar-refractivity contribution in [3.05, 3.63) is 65.2 Å². The first kappa shape index (κ1) is 16.5. The van der Waals surface area contributed by atoms with Crippen LogP contribution in [0.15, 0.2) is 66.8 Å². The molecule has 136 valence electrons. The van der Waals surface area contributed by atoms with Gasteiger partial charge < -0.3 is 18.0 Å². The average Bonchev–Trinajstić information content (AvgIpc) is 3.42. The Morgan fingerprint density at radius 1 is 1.04 bits per heavy atom. The van der Waals surface area contributed by atoms with Gasteiger partial charge in [-0.2, -0.15) is 4.68 Å². The molecule has 0 aliphatic carbocycles. The van der Waals surface area contributed by atoms with Crippen LogP contribution in [-0.4, -0.2) is 25.9 Å². The van der Waals surface area contributed by atoms with E-state index in [1.807, 2.05) is 6.07 Å². The van der Waals surface area contributed by atoms with E-state index in [0.29, 0.717) is 11.3 Å². The van der Waals surface area contributed by atoms with Gasteiger partial charge in [-0.05, 0) is 24.3 Å². The Morgan fingerprint density at radius 2 is 1.89 bits per heavy atom. The molecule has 0 atom stereocenters. The minimum absolute atomic E-state index is 0.0900. The van der Waals surface area contributed by atoms with Crippen molar-refractivity contribution >= 4 is 5.97 Å². The second-order valence-electron chi connectivity index (χ2n) is 5.34. The third-order valence-corrected chi connectivity index (χ3v) is 3.46. The van der Waals surface area contributed by atoms with Crippen molar-refractivity contribution in [2.75, 3.05) is 0 Å². The average molecular weight is 368 g/mol. The number of ether oxygens (including phenoxy) is 1. The van der Waals surface area contributed by atoms with Gasteiger partial charge in [-0.1, -0.05) is 18.2 Å². The highest BCUT2D eigenvalue weighted by Gasteiger charge is 2.16. The molecule has 0 fully saturated rings. The lowest BCUT2D eigenvalue weighted by Gasteiger charge is -2.00. The standard InChI is InChI=1S/C17H12N4O6/c22-14(25-10-13-18-19-16(26-13)12-7-4-8-24-12)9-21-17(23)27-15(20-21)11-5-2-1-3-6-11/h1-8H,9-10H2. The molecule has 0 amide bonds. The Morgan fingerprint density at radius 3 is 2.67 bits per heavy atom. The van der Waals surface area contributed by atoms with Crippen LogP contribution in [0.2, 0.25) is 0 Å². The van der Waals surface area contributed by atoms with E-state index in [1.54, 1.807) is 36.4 Å². The van der Waals surface area contributed by atoms with Gasteiger partial charge >= 0.3 is 11.7 Å². The molecule has 0 unspecified atom stereocenters. The van der Waals surface area contributed by atoms with Crippen LogP contribution < -0.4 is 5.76 Å². The van der Waals surface area contributed by atoms with Crippen molar-refractivity contribution in [1.29, 1.82) is 0 Å². The SMILES string of the molecule is O=C(Cn1nc(-c2ccccc2)oc1=O)OCc1nnc(-c2ccco2)o1. The van der Waals surface area contributed by atoms with Crippen molar-refractivity contribution in [2.24, 2.45) is 0 Å². The topological polar surface area (TPSA) is 126 Å². The fourth-order valence-corrected chi connectivity index (χ4v) is 2.23. The van der Waals surface area contributed by atoms with Gasteiger partial charge in [0, 0.05) is 5.56 Å². The summed E-state index contributed by atoms with van der Waals surface area (Å²) in [4.78, 5) is 23.8. The van der Waals surface area contributed by atoms with E-state index >= 15 is 0 Å². The van der Waals surface area contributed by atoms with Gasteiger partial charge in [0.1, 0.15) is 6.54 Å². The summed E-state index contributed by atoms with van der Waals surface area (Å²) in [5.74, 6) is -0.680. The fraction of sp³-hybridized carbons (Fsp3) is 0.118. The van der Waals surface area contributed by atoms with Crippen LogP contribution >= 0.6 is 0 Å². The first-order chi connectivity index (χ1) is 13.2. The molecule has 0 saturated carbocycles. The van der Waals surface area contributed by atoms with Crippen LogP contribution in [0.5, 0.6) is 0 Å². The van der Waals surface area contributed by atoms with E-state index < -0.39 is 18.3 Å². The number of esters is 1. The highest BCUT2D eigenvalue weighted by atomic mass is 16.5. The third-order valence-electron chi connectivity index (χ3n) is 3.46. The monoisotopic (exact) mass is 368 g/mol. The number of carbonyl (C=O) groups is 1. The number of aromatic nitrogens is 4. The lowest BCUT2D eigenvalue weighted by molar-refractivity contribution is -0.146. The number of hydrogen-bond donors (Lipinski definition) is 0. The van der Waals surface area contributed by atoms with E-state index in [0.717, 1.165) is 4.68 Å². The molecule has 0 N–H and O–H groups in total. The van der Waals surface area contributed by atoms with Gasteiger partial charge in [0.15, 0.2) is 12.4 Å². The van der Waals surface area contributed by atoms with Crippen molar-refractivity contribution in [3.63, 3.8) is 0 Å². The molecule has 0 spiro atoms. The summed E-state index contributed by atoms with van der Waals surface area (Å²) < 4.78 is 21.4. The lowest BCUT2D eigenvalue weighted by Crippen LogP contribution is -2.23. The Labute approximate surface area is 151 Å². The summed E-state index contributed by atoms with van der Waals surface area (Å²) in [6.07, 6.45) is 1.47. The minimum atomic E-state index is -0.760. The molecular formula is C17H12N4O6. The van der Waals surface area contributed by atoms with Gasteiger partial charge in [-0.25, -0.2) is 4.79 Å². The van der Waals surface area contributed by atoms with E-state index in [1.165, 1.54) is 6.26 Å². The van der Waals surface area contributed by atoms with Crippen LogP contribution in [0.25, 0.3) is 23.1 Å². The third kappa shape index (κ3) is 3.68. The largest absolute Gasteiger partial charge is 0.459 e. The summed E-state index contributed by atoms with van der Waals surface area (Å²) in [5, 5.41) is 11.5. The molecule has 3 heterocycles. The minimum Gasteiger partial charge on any atom is -0.459 e. The van der Waals surface area contributed by atoms with Crippen molar-refractivity contribution in [1.82, 2.24) is 20.0 Å². The maximum atomic E-state index is 11.9. The number of benzene rings is 1. The molecule has 10 heteroatoms. The summed E-state index contributed by atoms with van der Waals surface area (Å²) in [7, 11) is 0. The van der Waals surface area contributed by atoms with E-state index in [4.69, 9.17) is 18.0 Å². The van der Waals surface area contributed by atoms with Gasteiger partial charge in [0.05, 0.1) is 6.26 Å². The number of carbonyl (C=O) groups excluding carboxylic acids is 1. The summed E-state index contributed by atoms with van der Waals surface area (Å²) in [5.41, 5.74) is 0.623. The van der Waals surface area contributed by atoms with Crippen molar-refractivity contribution in [2.45, 2.75) is 13.2 Å². The first-order valence-electron chi connectivity index (χ1n) is 7.84. The number of rotatable bonds is 6. The highest BCUT2D eigenvalue weighted by Crippen LogP contribution is 2.18. The van der Waals surface area contributed by atoms with Crippen molar-refractivity contribution < 1.29 is 22.8 Å². The van der Waals surface area contributed by atoms with E-state index in [9.17, 15) is 9.59 Å². The molecular weight excluding hydrogens is 356 g/mol.